The van der Waals surface area contributed by atoms with Gasteiger partial charge in [0.1, 0.15) is 17.1 Å². The number of fused-ring (bicyclic) bond motifs is 1. The van der Waals surface area contributed by atoms with E-state index in [-0.39, 0.29) is 5.82 Å². The molecule has 0 aromatic heterocycles. The van der Waals surface area contributed by atoms with Crippen LogP contribution in [0.1, 0.15) is 27.8 Å². The highest BCUT2D eigenvalue weighted by atomic mass is 19.1. The zero-order valence-electron chi connectivity index (χ0n) is 10.5. The zero-order chi connectivity index (χ0) is 14.1. The van der Waals surface area contributed by atoms with Gasteiger partial charge in [0, 0.05) is 5.56 Å². The normalized spacial score (nSPS) is 16.9. The van der Waals surface area contributed by atoms with Crippen LogP contribution in [0.15, 0.2) is 49.0 Å². The number of hydrogen-bond acceptors (Lipinski definition) is 3. The molecular weight excluding hydrogens is 259 g/mol. The average Bonchev–Trinajstić information content (AvgIpc) is 2.47. The van der Waals surface area contributed by atoms with E-state index < -0.39 is 12.3 Å². The average molecular weight is 270 g/mol. The zero-order valence-corrected chi connectivity index (χ0v) is 10.5. The first-order chi connectivity index (χ1) is 9.67. The van der Waals surface area contributed by atoms with Gasteiger partial charge in [0.05, 0.1) is 0 Å². The number of cyclic esters (lactones) is 1. The maximum atomic E-state index is 12.9. The Balaban J connectivity index is 1.94. The van der Waals surface area contributed by atoms with Crippen LogP contribution < -0.4 is 4.74 Å². The van der Waals surface area contributed by atoms with E-state index in [0.29, 0.717) is 16.9 Å². The molecule has 0 spiro atoms. The summed E-state index contributed by atoms with van der Waals surface area (Å²) >= 11 is 0. The molecule has 1 heterocycles. The molecule has 0 saturated heterocycles. The van der Waals surface area contributed by atoms with Crippen LogP contribution in [-0.4, -0.2) is 5.97 Å². The summed E-state index contributed by atoms with van der Waals surface area (Å²) in [7, 11) is 0. The molecule has 2 aromatic carbocycles. The van der Waals surface area contributed by atoms with Gasteiger partial charge in [-0.05, 0) is 42.0 Å². The van der Waals surface area contributed by atoms with Gasteiger partial charge >= 0.3 is 5.97 Å². The molecule has 1 aliphatic rings. The Labute approximate surface area is 115 Å². The third kappa shape index (κ3) is 2.16. The second-order valence-electron chi connectivity index (χ2n) is 4.37. The Morgan fingerprint density at radius 3 is 2.55 bits per heavy atom. The lowest BCUT2D eigenvalue weighted by atomic mass is 10.1. The van der Waals surface area contributed by atoms with Crippen molar-refractivity contribution in [1.82, 2.24) is 0 Å². The summed E-state index contributed by atoms with van der Waals surface area (Å²) in [5.41, 5.74) is 1.75. The fourth-order valence-electron chi connectivity index (χ4n) is 1.99. The first-order valence-corrected chi connectivity index (χ1v) is 6.07. The van der Waals surface area contributed by atoms with Gasteiger partial charge in [-0.25, -0.2) is 9.18 Å². The van der Waals surface area contributed by atoms with Gasteiger partial charge in [0.25, 0.3) is 6.29 Å². The molecule has 0 fully saturated rings. The molecule has 2 aromatic rings. The predicted molar refractivity (Wildman–Crippen MR) is 71.7 cm³/mol. The molecule has 20 heavy (non-hydrogen) atoms. The van der Waals surface area contributed by atoms with Gasteiger partial charge < -0.3 is 9.47 Å². The molecule has 3 rings (SSSR count). The largest absolute Gasteiger partial charge is 0.450 e. The van der Waals surface area contributed by atoms with Crippen molar-refractivity contribution in [3.8, 4) is 5.75 Å². The van der Waals surface area contributed by atoms with E-state index in [4.69, 9.17) is 9.47 Å². The highest BCUT2D eigenvalue weighted by molar-refractivity contribution is 5.94. The molecule has 0 aliphatic carbocycles. The van der Waals surface area contributed by atoms with Crippen LogP contribution in [0, 0.1) is 5.82 Å². The van der Waals surface area contributed by atoms with Crippen molar-refractivity contribution in [3.05, 3.63) is 71.6 Å². The van der Waals surface area contributed by atoms with E-state index in [1.54, 1.807) is 24.3 Å². The van der Waals surface area contributed by atoms with Gasteiger partial charge in [-0.15, -0.1) is 0 Å². The fourth-order valence-corrected chi connectivity index (χ4v) is 1.99. The minimum atomic E-state index is -0.856. The Morgan fingerprint density at radius 2 is 1.85 bits per heavy atom. The van der Waals surface area contributed by atoms with E-state index in [2.05, 4.69) is 6.58 Å². The van der Waals surface area contributed by atoms with E-state index in [1.807, 2.05) is 0 Å². The summed E-state index contributed by atoms with van der Waals surface area (Å²) in [5.74, 6) is -0.377. The number of carbonyl (C=O) groups is 1. The summed E-state index contributed by atoms with van der Waals surface area (Å²) in [6.45, 7) is 3.65. The van der Waals surface area contributed by atoms with Gasteiger partial charge in [-0.3, -0.25) is 0 Å². The first-order valence-electron chi connectivity index (χ1n) is 6.07. The lowest BCUT2D eigenvalue weighted by Crippen LogP contribution is -2.23. The van der Waals surface area contributed by atoms with Crippen molar-refractivity contribution in [2.45, 2.75) is 6.29 Å². The molecule has 4 heteroatoms. The molecule has 0 bridgehead atoms. The molecule has 1 atom stereocenters. The number of benzene rings is 2. The molecule has 0 radical (unpaired) electrons. The lowest BCUT2D eigenvalue weighted by Gasteiger charge is -2.26. The molecule has 0 N–H and O–H groups in total. The second kappa shape index (κ2) is 4.81. The molecule has 1 aliphatic heterocycles. The smallest absolute Gasteiger partial charge is 0.345 e. The van der Waals surface area contributed by atoms with E-state index in [0.717, 1.165) is 5.56 Å². The van der Waals surface area contributed by atoms with Crippen molar-refractivity contribution in [1.29, 1.82) is 0 Å². The van der Waals surface area contributed by atoms with Crippen molar-refractivity contribution < 1.29 is 18.7 Å². The van der Waals surface area contributed by atoms with Crippen LogP contribution in [0.4, 0.5) is 4.39 Å². The molecule has 1 unspecified atom stereocenters. The number of carbonyl (C=O) groups excluding carboxylic acids is 1. The maximum absolute atomic E-state index is 12.9. The third-order valence-electron chi connectivity index (χ3n) is 3.05. The van der Waals surface area contributed by atoms with Crippen molar-refractivity contribution >= 4 is 12.0 Å². The lowest BCUT2D eigenvalue weighted by molar-refractivity contribution is -0.0624. The van der Waals surface area contributed by atoms with Crippen molar-refractivity contribution in [3.63, 3.8) is 0 Å². The van der Waals surface area contributed by atoms with Crippen LogP contribution in [-0.2, 0) is 4.74 Å². The van der Waals surface area contributed by atoms with Crippen LogP contribution in [0.2, 0.25) is 0 Å². The summed E-state index contributed by atoms with van der Waals surface area (Å²) in [5, 5.41) is 0. The number of halogens is 1. The topological polar surface area (TPSA) is 35.5 Å². The molecule has 100 valence electrons. The highest BCUT2D eigenvalue weighted by Gasteiger charge is 2.28. The van der Waals surface area contributed by atoms with E-state index in [1.165, 1.54) is 24.3 Å². The second-order valence-corrected chi connectivity index (χ2v) is 4.37. The summed E-state index contributed by atoms with van der Waals surface area (Å²) < 4.78 is 23.7. The summed E-state index contributed by atoms with van der Waals surface area (Å²) in [6, 6.07) is 10.8. The Hall–Kier alpha value is -2.62. The minimum absolute atomic E-state index is 0.355. The number of esters is 1. The predicted octanol–water partition coefficient (Wildman–Crippen LogP) is 3.72. The molecule has 3 nitrogen and oxygen atoms in total. The van der Waals surface area contributed by atoms with E-state index in [9.17, 15) is 9.18 Å². The van der Waals surface area contributed by atoms with Gasteiger partial charge in [0.15, 0.2) is 0 Å². The Bertz CT molecular complexity index is 677. The molecule has 0 amide bonds. The highest BCUT2D eigenvalue weighted by Crippen LogP contribution is 2.33. The van der Waals surface area contributed by atoms with Crippen LogP contribution >= 0.6 is 0 Å². The van der Waals surface area contributed by atoms with Crippen molar-refractivity contribution in [2.75, 3.05) is 0 Å². The SMILES string of the molecule is C=Cc1ccc2c(c1)C(=O)OC(c1ccc(F)cc1)O2. The number of rotatable bonds is 2. The van der Waals surface area contributed by atoms with Gasteiger partial charge in [-0.1, -0.05) is 18.7 Å². The summed E-state index contributed by atoms with van der Waals surface area (Å²) in [6.07, 6.45) is 0.782. The number of ether oxygens (including phenoxy) is 2. The Morgan fingerprint density at radius 1 is 1.10 bits per heavy atom. The Kier molecular flexibility index (Phi) is 2.99. The van der Waals surface area contributed by atoms with Crippen molar-refractivity contribution in [2.24, 2.45) is 0 Å². The van der Waals surface area contributed by atoms with Crippen LogP contribution in [0.25, 0.3) is 6.08 Å². The quantitative estimate of drug-likeness (QED) is 0.780. The maximum Gasteiger partial charge on any atom is 0.345 e. The van der Waals surface area contributed by atoms with E-state index >= 15 is 0 Å². The van der Waals surface area contributed by atoms with Crippen LogP contribution in [0.5, 0.6) is 5.75 Å². The standard InChI is InChI=1S/C16H11FO3/c1-2-10-3-8-14-13(9-10)15(18)20-16(19-14)11-4-6-12(17)7-5-11/h2-9,16H,1H2. The summed E-state index contributed by atoms with van der Waals surface area (Å²) in [4.78, 5) is 12.0. The number of hydrogen-bond donors (Lipinski definition) is 0. The fraction of sp³-hybridized carbons (Fsp3) is 0.0625. The van der Waals surface area contributed by atoms with Gasteiger partial charge in [0.2, 0.25) is 0 Å². The molecule has 0 saturated carbocycles. The van der Waals surface area contributed by atoms with Crippen LogP contribution in [0.3, 0.4) is 0 Å². The monoisotopic (exact) mass is 270 g/mol. The third-order valence-corrected chi connectivity index (χ3v) is 3.05. The first kappa shape index (κ1) is 12.4. The molecular formula is C16H11FO3. The minimum Gasteiger partial charge on any atom is -0.450 e. The van der Waals surface area contributed by atoms with Gasteiger partial charge in [-0.2, -0.15) is 0 Å².